The molecule has 1 aromatic heterocycles. The molecule has 1 aromatic rings. The van der Waals surface area contributed by atoms with Crippen molar-refractivity contribution in [3.8, 4) is 0 Å². The minimum atomic E-state index is 0.0202. The molecule has 1 fully saturated rings. The lowest BCUT2D eigenvalue weighted by atomic mass is 10.0. The fraction of sp³-hybridized carbons (Fsp3) is 0.769. The van der Waals surface area contributed by atoms with Crippen LogP contribution < -0.4 is 11.3 Å². The highest BCUT2D eigenvalue weighted by atomic mass is 79.9. The van der Waals surface area contributed by atoms with Gasteiger partial charge in [-0.2, -0.15) is 5.10 Å². The number of rotatable bonds is 7. The molecule has 1 aliphatic heterocycles. The lowest BCUT2D eigenvalue weighted by Crippen LogP contribution is -2.34. The van der Waals surface area contributed by atoms with Gasteiger partial charge in [-0.25, -0.2) is 0 Å². The molecule has 0 aromatic carbocycles. The van der Waals surface area contributed by atoms with Crippen LogP contribution in [0.4, 0.5) is 0 Å². The number of hydrogen-bond acceptors (Lipinski definition) is 5. The Morgan fingerprint density at radius 1 is 1.65 bits per heavy atom. The van der Waals surface area contributed by atoms with Crippen molar-refractivity contribution in [1.82, 2.24) is 15.2 Å². The van der Waals surface area contributed by atoms with E-state index in [0.717, 1.165) is 36.0 Å². The molecule has 20 heavy (non-hydrogen) atoms. The molecule has 2 atom stereocenters. The van der Waals surface area contributed by atoms with E-state index in [4.69, 9.17) is 15.3 Å². The number of nitrogens with one attached hydrogen (secondary N) is 1. The van der Waals surface area contributed by atoms with Gasteiger partial charge in [0, 0.05) is 13.7 Å². The monoisotopic (exact) mass is 346 g/mol. The van der Waals surface area contributed by atoms with E-state index >= 15 is 0 Å². The van der Waals surface area contributed by atoms with Crippen molar-refractivity contribution in [3.05, 3.63) is 16.4 Å². The number of aromatic nitrogens is 2. The summed E-state index contributed by atoms with van der Waals surface area (Å²) in [4.78, 5) is 0. The van der Waals surface area contributed by atoms with Gasteiger partial charge in [0.1, 0.15) is 0 Å². The Bertz CT molecular complexity index is 407. The summed E-state index contributed by atoms with van der Waals surface area (Å²) in [6.07, 6.45) is 6.41. The maximum atomic E-state index is 5.80. The van der Waals surface area contributed by atoms with Crippen LogP contribution in [0.1, 0.15) is 37.4 Å². The topological polar surface area (TPSA) is 74.3 Å². The SMILES string of the molecule is COCCn1ncc(Br)c1C(CC1CCCCO1)NN. The maximum absolute atomic E-state index is 5.80. The van der Waals surface area contributed by atoms with E-state index in [1.54, 1.807) is 13.3 Å². The smallest absolute Gasteiger partial charge is 0.0711 e. The van der Waals surface area contributed by atoms with Crippen molar-refractivity contribution in [2.75, 3.05) is 20.3 Å². The summed E-state index contributed by atoms with van der Waals surface area (Å²) in [5.41, 5.74) is 3.95. The van der Waals surface area contributed by atoms with Crippen molar-refractivity contribution in [2.45, 2.75) is 44.4 Å². The highest BCUT2D eigenvalue weighted by Crippen LogP contribution is 2.29. The van der Waals surface area contributed by atoms with Crippen molar-refractivity contribution in [1.29, 1.82) is 0 Å². The van der Waals surface area contributed by atoms with E-state index in [-0.39, 0.29) is 12.1 Å². The normalized spacial score (nSPS) is 21.1. The maximum Gasteiger partial charge on any atom is 0.0711 e. The molecule has 114 valence electrons. The molecule has 3 N–H and O–H groups in total. The molecule has 0 saturated carbocycles. The second-order valence-corrected chi connectivity index (χ2v) is 5.89. The highest BCUT2D eigenvalue weighted by Gasteiger charge is 2.24. The van der Waals surface area contributed by atoms with Gasteiger partial charge in [0.25, 0.3) is 0 Å². The fourth-order valence-electron chi connectivity index (χ4n) is 2.59. The molecule has 2 heterocycles. The zero-order chi connectivity index (χ0) is 14.4. The van der Waals surface area contributed by atoms with Gasteiger partial charge in [-0.3, -0.25) is 16.0 Å². The summed E-state index contributed by atoms with van der Waals surface area (Å²) in [5.74, 6) is 5.75. The Labute approximate surface area is 128 Å². The molecule has 2 unspecified atom stereocenters. The molecular formula is C13H23BrN4O2. The first-order valence-corrected chi connectivity index (χ1v) is 7.83. The molecule has 6 nitrogen and oxygen atoms in total. The standard InChI is InChI=1S/C13H23BrN4O2/c1-19-7-5-18-13(11(14)9-16-18)12(17-15)8-10-4-2-3-6-20-10/h9-10,12,17H,2-8,15H2,1H3. The molecular weight excluding hydrogens is 324 g/mol. The number of ether oxygens (including phenoxy) is 2. The number of hydrogen-bond donors (Lipinski definition) is 2. The van der Waals surface area contributed by atoms with E-state index in [0.29, 0.717) is 13.2 Å². The van der Waals surface area contributed by atoms with Gasteiger partial charge < -0.3 is 9.47 Å². The molecule has 0 bridgehead atoms. The summed E-state index contributed by atoms with van der Waals surface area (Å²) < 4.78 is 13.8. The molecule has 0 aliphatic carbocycles. The third-order valence-electron chi connectivity index (χ3n) is 3.64. The van der Waals surface area contributed by atoms with E-state index < -0.39 is 0 Å². The van der Waals surface area contributed by atoms with Gasteiger partial charge in [-0.1, -0.05) is 0 Å². The Kier molecular flexibility index (Phi) is 6.44. The second-order valence-electron chi connectivity index (χ2n) is 5.04. The minimum absolute atomic E-state index is 0.0202. The zero-order valence-electron chi connectivity index (χ0n) is 11.8. The number of nitrogens with zero attached hydrogens (tertiary/aromatic N) is 2. The fourth-order valence-corrected chi connectivity index (χ4v) is 3.16. The van der Waals surface area contributed by atoms with Crippen LogP contribution in [0.15, 0.2) is 10.7 Å². The van der Waals surface area contributed by atoms with Crippen LogP contribution in [0.3, 0.4) is 0 Å². The lowest BCUT2D eigenvalue weighted by molar-refractivity contribution is 0.00439. The van der Waals surface area contributed by atoms with Crippen molar-refractivity contribution < 1.29 is 9.47 Å². The first-order chi connectivity index (χ1) is 9.76. The Morgan fingerprint density at radius 3 is 3.15 bits per heavy atom. The van der Waals surface area contributed by atoms with Crippen LogP contribution in [0.25, 0.3) is 0 Å². The van der Waals surface area contributed by atoms with Crippen molar-refractivity contribution in [3.63, 3.8) is 0 Å². The molecule has 2 rings (SSSR count). The van der Waals surface area contributed by atoms with E-state index in [1.807, 2.05) is 4.68 Å². The molecule has 0 amide bonds. The van der Waals surface area contributed by atoms with Crippen LogP contribution in [-0.4, -0.2) is 36.2 Å². The van der Waals surface area contributed by atoms with E-state index in [1.165, 1.54) is 6.42 Å². The average molecular weight is 347 g/mol. The molecule has 1 saturated heterocycles. The van der Waals surface area contributed by atoms with Crippen molar-refractivity contribution in [2.24, 2.45) is 5.84 Å². The summed E-state index contributed by atoms with van der Waals surface area (Å²) in [7, 11) is 1.69. The molecule has 0 radical (unpaired) electrons. The first kappa shape index (κ1) is 15.9. The summed E-state index contributed by atoms with van der Waals surface area (Å²) in [6, 6.07) is 0.0202. The van der Waals surface area contributed by atoms with Gasteiger partial charge in [-0.15, -0.1) is 0 Å². The van der Waals surface area contributed by atoms with Gasteiger partial charge in [-0.05, 0) is 41.6 Å². The summed E-state index contributed by atoms with van der Waals surface area (Å²) in [5, 5.41) is 4.37. The Morgan fingerprint density at radius 2 is 2.50 bits per heavy atom. The van der Waals surface area contributed by atoms with Gasteiger partial charge >= 0.3 is 0 Å². The number of halogens is 1. The summed E-state index contributed by atoms with van der Waals surface area (Å²) in [6.45, 7) is 2.19. The predicted octanol–water partition coefficient (Wildman–Crippen LogP) is 1.76. The Balaban J connectivity index is 2.07. The molecule has 7 heteroatoms. The van der Waals surface area contributed by atoms with Crippen LogP contribution in [-0.2, 0) is 16.0 Å². The van der Waals surface area contributed by atoms with Gasteiger partial charge in [0.2, 0.25) is 0 Å². The lowest BCUT2D eigenvalue weighted by Gasteiger charge is -2.27. The second kappa shape index (κ2) is 8.09. The Hall–Kier alpha value is -0.470. The van der Waals surface area contributed by atoms with Crippen LogP contribution in [0.5, 0.6) is 0 Å². The molecule has 0 spiro atoms. The van der Waals surface area contributed by atoms with Crippen molar-refractivity contribution >= 4 is 15.9 Å². The largest absolute Gasteiger partial charge is 0.383 e. The minimum Gasteiger partial charge on any atom is -0.383 e. The number of nitrogens with two attached hydrogens (primary N) is 1. The van der Waals surface area contributed by atoms with E-state index in [2.05, 4.69) is 26.5 Å². The predicted molar refractivity (Wildman–Crippen MR) is 80.1 cm³/mol. The number of methoxy groups -OCH3 is 1. The molecule has 1 aliphatic rings. The van der Waals surface area contributed by atoms with Gasteiger partial charge in [0.05, 0.1) is 41.7 Å². The van der Waals surface area contributed by atoms with Crippen LogP contribution >= 0.6 is 15.9 Å². The summed E-state index contributed by atoms with van der Waals surface area (Å²) >= 11 is 3.55. The quantitative estimate of drug-likeness (QED) is 0.581. The first-order valence-electron chi connectivity index (χ1n) is 7.04. The van der Waals surface area contributed by atoms with E-state index in [9.17, 15) is 0 Å². The average Bonchev–Trinajstić information content (AvgIpc) is 2.84. The zero-order valence-corrected chi connectivity index (χ0v) is 13.4. The number of hydrazine groups is 1. The third kappa shape index (κ3) is 4.02. The third-order valence-corrected chi connectivity index (χ3v) is 4.26. The van der Waals surface area contributed by atoms with Gasteiger partial charge in [0.15, 0.2) is 0 Å². The highest BCUT2D eigenvalue weighted by molar-refractivity contribution is 9.10. The van der Waals surface area contributed by atoms with Crippen LogP contribution in [0.2, 0.25) is 0 Å². The van der Waals surface area contributed by atoms with Crippen LogP contribution in [0, 0.1) is 0 Å².